The number of ketones is 1. The molecule has 0 radical (unpaired) electrons. The highest BCUT2D eigenvalue weighted by Crippen LogP contribution is 2.32. The topological polar surface area (TPSA) is 84.0 Å². The van der Waals surface area contributed by atoms with Crippen LogP contribution >= 0.6 is 47.2 Å². The van der Waals surface area contributed by atoms with Crippen LogP contribution in [0.15, 0.2) is 42.5 Å². The fourth-order valence-electron chi connectivity index (χ4n) is 3.99. The van der Waals surface area contributed by atoms with E-state index in [-0.39, 0.29) is 34.4 Å². The Morgan fingerprint density at radius 2 is 1.72 bits per heavy atom. The number of hydrogen-bond donors (Lipinski definition) is 0. The van der Waals surface area contributed by atoms with Crippen LogP contribution in [0.25, 0.3) is 0 Å². The van der Waals surface area contributed by atoms with E-state index in [2.05, 4.69) is 4.90 Å². The van der Waals surface area contributed by atoms with Crippen molar-refractivity contribution in [1.29, 1.82) is 0 Å². The van der Waals surface area contributed by atoms with Crippen LogP contribution in [-0.4, -0.2) is 57.7 Å². The van der Waals surface area contributed by atoms with Crippen molar-refractivity contribution in [3.63, 3.8) is 0 Å². The number of carbonyl (C=O) groups is 4. The highest BCUT2D eigenvalue weighted by Gasteiger charge is 2.41. The van der Waals surface area contributed by atoms with Gasteiger partial charge in [-0.05, 0) is 61.7 Å². The second-order valence-electron chi connectivity index (χ2n) is 8.36. The number of piperidine rings is 1. The Labute approximate surface area is 228 Å². The Hall–Kier alpha value is -2.46. The smallest absolute Gasteiger partial charge is 0.338 e. The molecule has 2 fully saturated rings. The predicted octanol–water partition coefficient (Wildman–Crippen LogP) is 5.17. The molecule has 2 aromatic carbocycles. The van der Waals surface area contributed by atoms with Gasteiger partial charge in [-0.2, -0.15) is 0 Å². The normalized spacial score (nSPS) is 17.9. The zero-order valence-electron chi connectivity index (χ0n) is 19.1. The number of carbonyl (C=O) groups excluding carboxylic acids is 4. The second kappa shape index (κ2) is 11.7. The third kappa shape index (κ3) is 6.08. The van der Waals surface area contributed by atoms with Gasteiger partial charge in [0.1, 0.15) is 9.57 Å². The van der Waals surface area contributed by atoms with Crippen molar-refractivity contribution >= 4 is 80.8 Å². The lowest BCUT2D eigenvalue weighted by molar-refractivity contribution is -0.121. The van der Waals surface area contributed by atoms with Crippen molar-refractivity contribution in [2.24, 2.45) is 0 Å². The van der Waals surface area contributed by atoms with E-state index in [4.69, 9.17) is 40.2 Å². The Bertz CT molecular complexity index is 1220. The maximum absolute atomic E-state index is 13.0. The molecule has 2 aliphatic heterocycles. The summed E-state index contributed by atoms with van der Waals surface area (Å²) in [6.07, 6.45) is 3.38. The molecule has 2 aliphatic rings. The van der Waals surface area contributed by atoms with Gasteiger partial charge in [0.15, 0.2) is 6.61 Å². The quantitative estimate of drug-likeness (QED) is 0.205. The molecule has 1 atom stereocenters. The number of anilines is 1. The van der Waals surface area contributed by atoms with E-state index in [0.717, 1.165) is 30.8 Å². The van der Waals surface area contributed by atoms with Crippen molar-refractivity contribution in [3.05, 3.63) is 63.6 Å². The molecule has 0 bridgehead atoms. The molecule has 0 saturated carbocycles. The Balaban J connectivity index is 1.35. The average molecular weight is 566 g/mol. The molecule has 0 aliphatic carbocycles. The van der Waals surface area contributed by atoms with Gasteiger partial charge in [-0.15, -0.1) is 0 Å². The number of ether oxygens (including phenoxy) is 1. The zero-order valence-corrected chi connectivity index (χ0v) is 22.2. The van der Waals surface area contributed by atoms with Gasteiger partial charge in [-0.3, -0.25) is 14.4 Å². The first-order valence-electron chi connectivity index (χ1n) is 11.3. The number of imide groups is 1. The summed E-state index contributed by atoms with van der Waals surface area (Å²) in [5.74, 6) is -1.84. The van der Waals surface area contributed by atoms with E-state index >= 15 is 0 Å². The fourth-order valence-corrected chi connectivity index (χ4v) is 6.05. The summed E-state index contributed by atoms with van der Waals surface area (Å²) >= 11 is 18.6. The predicted molar refractivity (Wildman–Crippen MR) is 144 cm³/mol. The van der Waals surface area contributed by atoms with Crippen LogP contribution in [0.2, 0.25) is 10.0 Å². The summed E-state index contributed by atoms with van der Waals surface area (Å²) in [6, 6.07) is 10.3. The lowest BCUT2D eigenvalue weighted by Gasteiger charge is -2.29. The number of thiocarbonyl (C=S) groups is 1. The van der Waals surface area contributed by atoms with Crippen molar-refractivity contribution in [2.75, 3.05) is 24.6 Å². The number of amides is 2. The summed E-state index contributed by atoms with van der Waals surface area (Å²) in [7, 11) is 0. The first kappa shape index (κ1) is 26.6. The van der Waals surface area contributed by atoms with Gasteiger partial charge in [-0.25, -0.2) is 9.69 Å². The SMILES string of the molecule is O=C(OCC(=O)c1ccc(Cl)cc1Cl)c1ccc(N2C(=O)CC(SC(=S)N3CCCCC3)C2=O)cc1. The van der Waals surface area contributed by atoms with Crippen LogP contribution in [-0.2, 0) is 14.3 Å². The molecule has 7 nitrogen and oxygen atoms in total. The molecule has 4 rings (SSSR count). The summed E-state index contributed by atoms with van der Waals surface area (Å²) in [5.41, 5.74) is 0.727. The summed E-state index contributed by atoms with van der Waals surface area (Å²) in [4.78, 5) is 53.5. The largest absolute Gasteiger partial charge is 0.454 e. The average Bonchev–Trinajstić information content (AvgIpc) is 3.15. The van der Waals surface area contributed by atoms with Crippen LogP contribution in [0.1, 0.15) is 46.4 Å². The Morgan fingerprint density at radius 3 is 2.39 bits per heavy atom. The summed E-state index contributed by atoms with van der Waals surface area (Å²) in [5, 5.41) is -0.0125. The maximum atomic E-state index is 13.0. The number of likely N-dealkylation sites (tertiary alicyclic amines) is 1. The summed E-state index contributed by atoms with van der Waals surface area (Å²) in [6.45, 7) is 1.25. The molecule has 0 spiro atoms. The molecule has 2 amide bonds. The van der Waals surface area contributed by atoms with E-state index in [0.29, 0.717) is 15.0 Å². The molecule has 2 saturated heterocycles. The first-order chi connectivity index (χ1) is 17.2. The molecule has 11 heteroatoms. The number of thioether (sulfide) groups is 1. The lowest BCUT2D eigenvalue weighted by atomic mass is 10.1. The van der Waals surface area contributed by atoms with Crippen LogP contribution in [0, 0.1) is 0 Å². The molecule has 2 heterocycles. The summed E-state index contributed by atoms with van der Waals surface area (Å²) < 4.78 is 5.75. The van der Waals surface area contributed by atoms with E-state index < -0.39 is 23.6 Å². The van der Waals surface area contributed by atoms with Gasteiger partial charge in [0.25, 0.3) is 0 Å². The van der Waals surface area contributed by atoms with Gasteiger partial charge < -0.3 is 9.64 Å². The standard InChI is InChI=1S/C25H22Cl2N2O5S2/c26-16-6-9-18(19(27)12-16)20(30)14-34-24(33)15-4-7-17(8-5-15)29-22(31)13-21(23(29)32)36-25(35)28-10-2-1-3-11-28/h4-9,12,21H,1-3,10-11,13-14H2. The van der Waals surface area contributed by atoms with E-state index in [1.54, 1.807) is 0 Å². The van der Waals surface area contributed by atoms with Gasteiger partial charge in [-0.1, -0.05) is 47.2 Å². The fraction of sp³-hybridized carbons (Fsp3) is 0.320. The van der Waals surface area contributed by atoms with Crippen LogP contribution in [0.3, 0.4) is 0 Å². The molecule has 36 heavy (non-hydrogen) atoms. The van der Waals surface area contributed by atoms with Gasteiger partial charge in [0, 0.05) is 30.1 Å². The van der Waals surface area contributed by atoms with E-state index in [1.807, 2.05) is 0 Å². The number of halogens is 2. The lowest BCUT2D eigenvalue weighted by Crippen LogP contribution is -2.35. The highest BCUT2D eigenvalue weighted by atomic mass is 35.5. The van der Waals surface area contributed by atoms with Crippen molar-refractivity contribution in [3.8, 4) is 0 Å². The Morgan fingerprint density at radius 1 is 1.03 bits per heavy atom. The molecule has 0 N–H and O–H groups in total. The number of nitrogens with zero attached hydrogens (tertiary/aromatic N) is 2. The molecule has 1 unspecified atom stereocenters. The van der Waals surface area contributed by atoms with Crippen molar-refractivity contribution in [1.82, 2.24) is 4.90 Å². The second-order valence-corrected chi connectivity index (χ2v) is 11.0. The third-order valence-corrected chi connectivity index (χ3v) is 8.10. The minimum absolute atomic E-state index is 0.0661. The molecule has 188 valence electrons. The van der Waals surface area contributed by atoms with Gasteiger partial charge in [0.05, 0.1) is 16.3 Å². The molecular formula is C25H22Cl2N2O5S2. The number of esters is 1. The molecular weight excluding hydrogens is 543 g/mol. The minimum atomic E-state index is -0.723. The highest BCUT2D eigenvalue weighted by molar-refractivity contribution is 8.23. The zero-order chi connectivity index (χ0) is 25.8. The number of Topliss-reactive ketones (excluding diaryl/α,β-unsaturated/α-hetero) is 1. The monoisotopic (exact) mass is 564 g/mol. The van der Waals surface area contributed by atoms with Gasteiger partial charge >= 0.3 is 5.97 Å². The van der Waals surface area contributed by atoms with Crippen molar-refractivity contribution < 1.29 is 23.9 Å². The van der Waals surface area contributed by atoms with E-state index in [9.17, 15) is 19.2 Å². The third-order valence-electron chi connectivity index (χ3n) is 5.89. The Kier molecular flexibility index (Phi) is 8.66. The maximum Gasteiger partial charge on any atom is 0.338 e. The van der Waals surface area contributed by atoms with Crippen LogP contribution in [0.4, 0.5) is 5.69 Å². The number of hydrogen-bond acceptors (Lipinski definition) is 7. The van der Waals surface area contributed by atoms with Crippen molar-refractivity contribution in [2.45, 2.75) is 30.9 Å². The van der Waals surface area contributed by atoms with E-state index in [1.165, 1.54) is 60.6 Å². The minimum Gasteiger partial charge on any atom is -0.454 e. The van der Waals surface area contributed by atoms with Gasteiger partial charge in [0.2, 0.25) is 17.6 Å². The van der Waals surface area contributed by atoms with Crippen LogP contribution < -0.4 is 4.90 Å². The molecule has 0 aromatic heterocycles. The first-order valence-corrected chi connectivity index (χ1v) is 13.4. The number of benzene rings is 2. The number of rotatable bonds is 6. The van der Waals surface area contributed by atoms with Crippen LogP contribution in [0.5, 0.6) is 0 Å². The molecule has 2 aromatic rings.